The highest BCUT2D eigenvalue weighted by molar-refractivity contribution is 6.07. The molecule has 4 rings (SSSR count). The highest BCUT2D eigenvalue weighted by Crippen LogP contribution is 2.34. The first-order chi connectivity index (χ1) is 14.0. The molecular formula is C22H25N3O4. The van der Waals surface area contributed by atoms with E-state index < -0.39 is 0 Å². The molecule has 152 valence electrons. The summed E-state index contributed by atoms with van der Waals surface area (Å²) in [6.07, 6.45) is 7.04. The Kier molecular flexibility index (Phi) is 5.47. The number of amides is 4. The lowest BCUT2D eigenvalue weighted by Crippen LogP contribution is -2.40. The monoisotopic (exact) mass is 395 g/mol. The van der Waals surface area contributed by atoms with E-state index in [2.05, 4.69) is 5.32 Å². The van der Waals surface area contributed by atoms with Crippen LogP contribution in [0.4, 0.5) is 0 Å². The second-order valence-corrected chi connectivity index (χ2v) is 7.89. The Bertz CT molecular complexity index is 847. The quantitative estimate of drug-likeness (QED) is 0.605. The lowest BCUT2D eigenvalue weighted by Gasteiger charge is -2.16. The van der Waals surface area contributed by atoms with Crippen molar-refractivity contribution in [3.8, 4) is 0 Å². The molecule has 4 amide bonds. The van der Waals surface area contributed by atoms with Gasteiger partial charge in [-0.1, -0.05) is 24.3 Å². The number of likely N-dealkylation sites (tertiary alicyclic amines) is 2. The maximum atomic E-state index is 12.5. The third kappa shape index (κ3) is 3.95. The number of imide groups is 1. The SMILES string of the molecule is O=C(CN1C(=O)C2CC=CCC2C1=O)NCc1cccc(C(=O)N2CCCC2)c1. The molecule has 1 N–H and O–H groups in total. The lowest BCUT2D eigenvalue weighted by molar-refractivity contribution is -0.143. The van der Waals surface area contributed by atoms with Gasteiger partial charge in [0.2, 0.25) is 17.7 Å². The molecule has 1 aromatic rings. The average molecular weight is 395 g/mol. The van der Waals surface area contributed by atoms with Gasteiger partial charge in [0.25, 0.3) is 5.91 Å². The third-order valence-corrected chi connectivity index (χ3v) is 5.96. The first-order valence-corrected chi connectivity index (χ1v) is 10.2. The maximum Gasteiger partial charge on any atom is 0.253 e. The van der Waals surface area contributed by atoms with Crippen molar-refractivity contribution < 1.29 is 19.2 Å². The van der Waals surface area contributed by atoms with Gasteiger partial charge in [0.05, 0.1) is 11.8 Å². The molecule has 1 aromatic carbocycles. The van der Waals surface area contributed by atoms with Gasteiger partial charge >= 0.3 is 0 Å². The molecule has 2 heterocycles. The molecule has 0 bridgehead atoms. The van der Waals surface area contributed by atoms with Crippen molar-refractivity contribution in [2.75, 3.05) is 19.6 Å². The maximum absolute atomic E-state index is 12.5. The van der Waals surface area contributed by atoms with Crippen molar-refractivity contribution >= 4 is 23.6 Å². The predicted molar refractivity (Wildman–Crippen MR) is 106 cm³/mol. The van der Waals surface area contributed by atoms with Crippen LogP contribution in [0.15, 0.2) is 36.4 Å². The van der Waals surface area contributed by atoms with Crippen LogP contribution in [0.5, 0.6) is 0 Å². The topological polar surface area (TPSA) is 86.8 Å². The summed E-state index contributed by atoms with van der Waals surface area (Å²) in [6.45, 7) is 1.56. The van der Waals surface area contributed by atoms with Crippen LogP contribution in [0.2, 0.25) is 0 Å². The van der Waals surface area contributed by atoms with E-state index in [1.54, 1.807) is 18.2 Å². The highest BCUT2D eigenvalue weighted by atomic mass is 16.2. The standard InChI is InChI=1S/C22H25N3O4/c26-19(14-25-21(28)17-8-1-2-9-18(17)22(25)29)23-13-15-6-5-7-16(12-15)20(27)24-10-3-4-11-24/h1-2,5-7,12,17-18H,3-4,8-11,13-14H2,(H,23,26). The number of nitrogens with zero attached hydrogens (tertiary/aromatic N) is 2. The number of fused-ring (bicyclic) bond motifs is 1. The summed E-state index contributed by atoms with van der Waals surface area (Å²) >= 11 is 0. The molecule has 1 aliphatic carbocycles. The molecule has 3 aliphatic rings. The fourth-order valence-corrected chi connectivity index (χ4v) is 4.34. The van der Waals surface area contributed by atoms with Crippen molar-refractivity contribution in [2.24, 2.45) is 11.8 Å². The number of rotatable bonds is 5. The number of carbonyl (C=O) groups excluding carboxylic acids is 4. The number of nitrogens with one attached hydrogen (secondary N) is 1. The molecular weight excluding hydrogens is 370 g/mol. The Morgan fingerprint density at radius 1 is 1.00 bits per heavy atom. The Morgan fingerprint density at radius 2 is 1.66 bits per heavy atom. The fourth-order valence-electron chi connectivity index (χ4n) is 4.34. The fraction of sp³-hybridized carbons (Fsp3) is 0.455. The van der Waals surface area contributed by atoms with Crippen molar-refractivity contribution in [1.82, 2.24) is 15.1 Å². The minimum absolute atomic E-state index is 0.0140. The Labute approximate surface area is 169 Å². The van der Waals surface area contributed by atoms with Crippen molar-refractivity contribution in [1.29, 1.82) is 0 Å². The summed E-state index contributed by atoms with van der Waals surface area (Å²) in [4.78, 5) is 52.7. The number of allylic oxidation sites excluding steroid dienone is 2. The zero-order chi connectivity index (χ0) is 20.4. The van der Waals surface area contributed by atoms with E-state index in [0.717, 1.165) is 36.4 Å². The minimum atomic E-state index is -0.380. The molecule has 29 heavy (non-hydrogen) atoms. The van der Waals surface area contributed by atoms with E-state index >= 15 is 0 Å². The molecule has 2 atom stereocenters. The lowest BCUT2D eigenvalue weighted by atomic mass is 9.85. The van der Waals surface area contributed by atoms with E-state index in [4.69, 9.17) is 0 Å². The zero-order valence-electron chi connectivity index (χ0n) is 16.3. The summed E-state index contributed by atoms with van der Waals surface area (Å²) < 4.78 is 0. The van der Waals surface area contributed by atoms with E-state index in [0.29, 0.717) is 18.4 Å². The third-order valence-electron chi connectivity index (χ3n) is 5.96. The number of benzene rings is 1. The van der Waals surface area contributed by atoms with Crippen molar-refractivity contribution in [3.63, 3.8) is 0 Å². The van der Waals surface area contributed by atoms with Crippen LogP contribution in [0.1, 0.15) is 41.6 Å². The highest BCUT2D eigenvalue weighted by Gasteiger charge is 2.47. The summed E-state index contributed by atoms with van der Waals surface area (Å²) in [5.74, 6) is -1.52. The zero-order valence-corrected chi connectivity index (χ0v) is 16.3. The van der Waals surface area contributed by atoms with Crippen LogP contribution in [0, 0.1) is 11.8 Å². The summed E-state index contributed by atoms with van der Waals surface area (Å²) in [6, 6.07) is 7.21. The first kappa shape index (κ1) is 19.4. The van der Waals surface area contributed by atoms with Gasteiger partial charge in [-0.3, -0.25) is 24.1 Å². The van der Waals surface area contributed by atoms with Crippen LogP contribution in [-0.2, 0) is 20.9 Å². The molecule has 2 saturated heterocycles. The molecule has 2 aliphatic heterocycles. The van der Waals surface area contributed by atoms with Gasteiger partial charge in [-0.15, -0.1) is 0 Å². The van der Waals surface area contributed by atoms with Crippen LogP contribution >= 0.6 is 0 Å². The van der Waals surface area contributed by atoms with Crippen LogP contribution < -0.4 is 5.32 Å². The van der Waals surface area contributed by atoms with Gasteiger partial charge in [-0.05, 0) is 43.4 Å². The predicted octanol–water partition coefficient (Wildman–Crippen LogP) is 1.49. The molecule has 0 radical (unpaired) electrons. The molecule has 0 aromatic heterocycles. The summed E-state index contributed by atoms with van der Waals surface area (Å²) in [5, 5.41) is 2.76. The molecule has 0 saturated carbocycles. The molecule has 7 heteroatoms. The van der Waals surface area contributed by atoms with Crippen molar-refractivity contribution in [3.05, 3.63) is 47.5 Å². The Morgan fingerprint density at radius 3 is 2.31 bits per heavy atom. The minimum Gasteiger partial charge on any atom is -0.350 e. The second-order valence-electron chi connectivity index (χ2n) is 7.89. The second kappa shape index (κ2) is 8.19. The van der Waals surface area contributed by atoms with Gasteiger partial charge in [0, 0.05) is 25.2 Å². The molecule has 2 unspecified atom stereocenters. The van der Waals surface area contributed by atoms with E-state index in [-0.39, 0.29) is 48.6 Å². The number of carbonyl (C=O) groups is 4. The van der Waals surface area contributed by atoms with Crippen LogP contribution in [0.25, 0.3) is 0 Å². The van der Waals surface area contributed by atoms with Crippen molar-refractivity contribution in [2.45, 2.75) is 32.2 Å². The largest absolute Gasteiger partial charge is 0.350 e. The van der Waals surface area contributed by atoms with Crippen LogP contribution in [0.3, 0.4) is 0 Å². The van der Waals surface area contributed by atoms with E-state index in [1.807, 2.05) is 23.1 Å². The molecule has 2 fully saturated rings. The van der Waals surface area contributed by atoms with E-state index in [1.165, 1.54) is 0 Å². The van der Waals surface area contributed by atoms with Gasteiger partial charge < -0.3 is 10.2 Å². The Balaban J connectivity index is 1.33. The number of hydrogen-bond donors (Lipinski definition) is 1. The smallest absolute Gasteiger partial charge is 0.253 e. The van der Waals surface area contributed by atoms with Gasteiger partial charge in [0.15, 0.2) is 0 Å². The summed E-state index contributed by atoms with van der Waals surface area (Å²) in [7, 11) is 0. The normalized spacial score (nSPS) is 23.4. The summed E-state index contributed by atoms with van der Waals surface area (Å²) in [5.41, 5.74) is 1.42. The van der Waals surface area contributed by atoms with Gasteiger partial charge in [-0.2, -0.15) is 0 Å². The van der Waals surface area contributed by atoms with Gasteiger partial charge in [0.1, 0.15) is 6.54 Å². The van der Waals surface area contributed by atoms with E-state index in [9.17, 15) is 19.2 Å². The molecule has 0 spiro atoms. The van der Waals surface area contributed by atoms with Gasteiger partial charge in [-0.25, -0.2) is 0 Å². The number of hydrogen-bond acceptors (Lipinski definition) is 4. The molecule has 7 nitrogen and oxygen atoms in total. The first-order valence-electron chi connectivity index (χ1n) is 10.2. The Hall–Kier alpha value is -2.96. The average Bonchev–Trinajstić information content (AvgIpc) is 3.36. The van der Waals surface area contributed by atoms with Crippen LogP contribution in [-0.4, -0.2) is 53.1 Å².